The fourth-order valence-electron chi connectivity index (χ4n) is 8.16. The normalized spacial score (nSPS) is 17.9. The molecular formula is C40H40BrN5O4. The first-order chi connectivity index (χ1) is 24.3. The molecule has 0 unspecified atom stereocenters. The molecule has 256 valence electrons. The van der Waals surface area contributed by atoms with Crippen molar-refractivity contribution >= 4 is 78.2 Å². The van der Waals surface area contributed by atoms with Crippen LogP contribution in [0, 0.1) is 0 Å². The van der Waals surface area contributed by atoms with Crippen LogP contribution in [0.25, 0.3) is 21.5 Å². The summed E-state index contributed by atoms with van der Waals surface area (Å²) in [7, 11) is 0. The van der Waals surface area contributed by atoms with Crippen LogP contribution in [0.3, 0.4) is 0 Å². The van der Waals surface area contributed by atoms with Gasteiger partial charge in [0.25, 0.3) is 23.6 Å². The van der Waals surface area contributed by atoms with Crippen molar-refractivity contribution in [2.45, 2.75) is 52.4 Å². The van der Waals surface area contributed by atoms with Gasteiger partial charge in [0, 0.05) is 107 Å². The zero-order chi connectivity index (χ0) is 34.4. The first kappa shape index (κ1) is 31.5. The number of nitrogens with zero attached hydrogens (tertiary/aromatic N) is 5. The van der Waals surface area contributed by atoms with E-state index in [4.69, 9.17) is 0 Å². The summed E-state index contributed by atoms with van der Waals surface area (Å²) in [6, 6.07) is 12.0. The van der Waals surface area contributed by atoms with Crippen molar-refractivity contribution < 1.29 is 19.2 Å². The van der Waals surface area contributed by atoms with E-state index in [9.17, 15) is 19.2 Å². The predicted octanol–water partition coefficient (Wildman–Crippen LogP) is 6.99. The van der Waals surface area contributed by atoms with Crippen molar-refractivity contribution in [2.24, 2.45) is 0 Å². The largest absolute Gasteiger partial charge is 0.371 e. The van der Waals surface area contributed by atoms with Crippen molar-refractivity contribution in [3.05, 3.63) is 74.3 Å². The van der Waals surface area contributed by atoms with Crippen LogP contribution in [0.15, 0.2) is 40.9 Å². The molecule has 4 aromatic carbocycles. The van der Waals surface area contributed by atoms with Crippen molar-refractivity contribution in [1.82, 2.24) is 9.80 Å². The van der Waals surface area contributed by atoms with Gasteiger partial charge in [0.2, 0.25) is 0 Å². The molecule has 10 heteroatoms. The fraction of sp³-hybridized carbons (Fsp3) is 0.400. The Kier molecular flexibility index (Phi) is 7.46. The average Bonchev–Trinajstić information content (AvgIpc) is 4.00. The molecule has 50 heavy (non-hydrogen) atoms. The third-order valence-electron chi connectivity index (χ3n) is 11.1. The second-order valence-corrected chi connectivity index (χ2v) is 15.2. The molecule has 4 amide bonds. The van der Waals surface area contributed by atoms with Gasteiger partial charge >= 0.3 is 0 Å². The number of imide groups is 2. The van der Waals surface area contributed by atoms with E-state index in [0.717, 1.165) is 120 Å². The SMILES string of the molecule is CCCCN1C(=O)c2ccc(N3CC3)c3c(Br)cc(Cc4cc(N5CC5)c5c(N6CCC6)ccc6c5c4C(=O)N(CCCC)C6=O)c(c23)C1=O. The number of carbonyl (C=O) groups excluding carboxylic acids is 4. The lowest BCUT2D eigenvalue weighted by molar-refractivity contribution is 0.0593. The Bertz CT molecular complexity index is 2180. The molecule has 5 aliphatic rings. The summed E-state index contributed by atoms with van der Waals surface area (Å²) in [6.07, 6.45) is 4.59. The van der Waals surface area contributed by atoms with Crippen LogP contribution in [0.1, 0.15) is 98.5 Å². The minimum atomic E-state index is -0.279. The van der Waals surface area contributed by atoms with Crippen LogP contribution < -0.4 is 14.7 Å². The first-order valence-corrected chi connectivity index (χ1v) is 19.0. The van der Waals surface area contributed by atoms with Gasteiger partial charge in [0.05, 0.1) is 11.1 Å². The summed E-state index contributed by atoms with van der Waals surface area (Å²) in [5, 5.41) is 3.29. The second kappa shape index (κ2) is 11.8. The van der Waals surface area contributed by atoms with Crippen LogP contribution in [-0.4, -0.2) is 85.8 Å². The molecule has 3 saturated heterocycles. The smallest absolute Gasteiger partial charge is 0.261 e. The molecule has 0 atom stereocenters. The van der Waals surface area contributed by atoms with E-state index >= 15 is 0 Å². The monoisotopic (exact) mass is 733 g/mol. The molecule has 0 aromatic heterocycles. The number of halogens is 1. The molecule has 3 fully saturated rings. The van der Waals surface area contributed by atoms with Gasteiger partial charge in [-0.25, -0.2) is 0 Å². The highest BCUT2D eigenvalue weighted by Gasteiger charge is 2.40. The zero-order valence-corrected chi connectivity index (χ0v) is 30.2. The molecule has 4 aromatic rings. The molecule has 5 heterocycles. The van der Waals surface area contributed by atoms with E-state index in [1.165, 1.54) is 9.80 Å². The maximum atomic E-state index is 14.6. The van der Waals surface area contributed by atoms with Gasteiger partial charge in [0.1, 0.15) is 0 Å². The van der Waals surface area contributed by atoms with E-state index in [0.29, 0.717) is 47.2 Å². The van der Waals surface area contributed by atoms with E-state index in [1.54, 1.807) is 0 Å². The second-order valence-electron chi connectivity index (χ2n) is 14.3. The summed E-state index contributed by atoms with van der Waals surface area (Å²) < 4.78 is 0.824. The van der Waals surface area contributed by atoms with Gasteiger partial charge in [0.15, 0.2) is 0 Å². The number of hydrogen-bond donors (Lipinski definition) is 0. The third-order valence-corrected chi connectivity index (χ3v) is 11.7. The van der Waals surface area contributed by atoms with Gasteiger partial charge in [-0.1, -0.05) is 42.6 Å². The number of anilines is 3. The summed E-state index contributed by atoms with van der Waals surface area (Å²) >= 11 is 3.87. The van der Waals surface area contributed by atoms with Crippen LogP contribution in [0.5, 0.6) is 0 Å². The maximum absolute atomic E-state index is 14.6. The highest BCUT2D eigenvalue weighted by molar-refractivity contribution is 9.10. The Balaban J connectivity index is 1.30. The van der Waals surface area contributed by atoms with Gasteiger partial charge in [-0.2, -0.15) is 0 Å². The Hall–Kier alpha value is -4.44. The maximum Gasteiger partial charge on any atom is 0.261 e. The van der Waals surface area contributed by atoms with Gasteiger partial charge < -0.3 is 14.7 Å². The highest BCUT2D eigenvalue weighted by Crippen LogP contribution is 2.48. The van der Waals surface area contributed by atoms with Crippen molar-refractivity contribution in [3.8, 4) is 0 Å². The lowest BCUT2D eigenvalue weighted by Crippen LogP contribution is -2.42. The molecule has 5 aliphatic heterocycles. The van der Waals surface area contributed by atoms with Crippen LogP contribution in [0.2, 0.25) is 0 Å². The van der Waals surface area contributed by atoms with Crippen LogP contribution in [-0.2, 0) is 6.42 Å². The number of carbonyl (C=O) groups is 4. The molecule has 9 rings (SSSR count). The first-order valence-electron chi connectivity index (χ1n) is 18.2. The molecular weight excluding hydrogens is 694 g/mol. The molecule has 0 saturated carbocycles. The molecule has 0 N–H and O–H groups in total. The standard InChI is InChI=1S/C40H40BrN5O4/c1-3-5-14-45-37(47)25-8-10-28(43-16-17-43)35-27(41)21-23(31(33(25)35)39(45)49)20-24-22-30(44-18-19-44)36-29(42-12-7-13-42)11-9-26-34(36)32(24)40(50)46(38(26)48)15-6-4-2/h8-11,21-22H,3-7,12-20H2,1-2H3. The summed E-state index contributed by atoms with van der Waals surface area (Å²) in [5.41, 5.74) is 6.89. The number of unbranched alkanes of at least 4 members (excludes halogenated alkanes) is 2. The number of hydrogen-bond acceptors (Lipinski definition) is 7. The molecule has 0 radical (unpaired) electrons. The predicted molar refractivity (Wildman–Crippen MR) is 200 cm³/mol. The van der Waals surface area contributed by atoms with E-state index in [2.05, 4.69) is 56.6 Å². The minimum Gasteiger partial charge on any atom is -0.371 e. The van der Waals surface area contributed by atoms with E-state index < -0.39 is 0 Å². The highest BCUT2D eigenvalue weighted by atomic mass is 79.9. The zero-order valence-electron chi connectivity index (χ0n) is 28.6. The average molecular weight is 735 g/mol. The summed E-state index contributed by atoms with van der Waals surface area (Å²) in [6.45, 7) is 10.4. The minimum absolute atomic E-state index is 0.235. The summed E-state index contributed by atoms with van der Waals surface area (Å²) in [4.78, 5) is 66.9. The lowest BCUT2D eigenvalue weighted by atomic mass is 9.83. The third kappa shape index (κ3) is 4.70. The van der Waals surface area contributed by atoms with E-state index in [-0.39, 0.29) is 23.6 Å². The Labute approximate surface area is 299 Å². The Morgan fingerprint density at radius 1 is 0.560 bits per heavy atom. The van der Waals surface area contributed by atoms with Crippen LogP contribution in [0.4, 0.5) is 17.1 Å². The lowest BCUT2D eigenvalue weighted by Gasteiger charge is -2.37. The number of amides is 4. The van der Waals surface area contributed by atoms with Gasteiger partial charge in [-0.05, 0) is 73.2 Å². The Morgan fingerprint density at radius 2 is 1.04 bits per heavy atom. The van der Waals surface area contributed by atoms with Gasteiger partial charge in [-0.15, -0.1) is 0 Å². The van der Waals surface area contributed by atoms with Crippen LogP contribution >= 0.6 is 15.9 Å². The molecule has 0 bridgehead atoms. The van der Waals surface area contributed by atoms with Crippen molar-refractivity contribution in [1.29, 1.82) is 0 Å². The molecule has 0 spiro atoms. The topological polar surface area (TPSA) is 84.0 Å². The quantitative estimate of drug-likeness (QED) is 0.121. The Morgan fingerprint density at radius 3 is 1.54 bits per heavy atom. The van der Waals surface area contributed by atoms with Gasteiger partial charge in [-0.3, -0.25) is 29.0 Å². The molecule has 9 nitrogen and oxygen atoms in total. The molecule has 0 aliphatic carbocycles. The number of rotatable bonds is 11. The van der Waals surface area contributed by atoms with E-state index in [1.807, 2.05) is 24.3 Å². The number of benzene rings is 4. The fourth-order valence-corrected chi connectivity index (χ4v) is 8.84. The summed E-state index contributed by atoms with van der Waals surface area (Å²) in [5.74, 6) is -1.03. The van der Waals surface area contributed by atoms with Crippen molar-refractivity contribution in [2.75, 3.05) is 67.1 Å². The van der Waals surface area contributed by atoms with Crippen molar-refractivity contribution in [3.63, 3.8) is 0 Å².